The molecule has 0 bridgehead atoms. The fourth-order valence-corrected chi connectivity index (χ4v) is 2.13. The maximum Gasteiger partial charge on any atom is 0.269 e. The minimum absolute atomic E-state index is 0.178. The van der Waals surface area contributed by atoms with Crippen LogP contribution in [0.15, 0.2) is 72.9 Å². The average molecular weight is 347 g/mol. The molecule has 0 aliphatic rings. The second-order valence-electron chi connectivity index (χ2n) is 5.28. The molecule has 1 heterocycles. The summed E-state index contributed by atoms with van der Waals surface area (Å²) in [6.45, 7) is 2.44. The highest BCUT2D eigenvalue weighted by Crippen LogP contribution is 2.19. The van der Waals surface area contributed by atoms with Crippen LogP contribution in [-0.4, -0.2) is 17.4 Å². The monoisotopic (exact) mass is 347 g/mol. The summed E-state index contributed by atoms with van der Waals surface area (Å²) in [6, 6.07) is 20.8. The molecule has 26 heavy (non-hydrogen) atoms. The molecule has 0 saturated carbocycles. The molecule has 3 rings (SSSR count). The summed E-state index contributed by atoms with van der Waals surface area (Å²) in [5, 5.41) is 11.6. The highest BCUT2D eigenvalue weighted by molar-refractivity contribution is 5.92. The molecule has 0 radical (unpaired) electrons. The zero-order chi connectivity index (χ0) is 18.8. The van der Waals surface area contributed by atoms with E-state index in [1.165, 1.54) is 12.1 Å². The number of hydrogen-bond donors (Lipinski definition) is 1. The molecule has 0 aliphatic carbocycles. The van der Waals surface area contributed by atoms with Crippen LogP contribution in [-0.2, 0) is 0 Å². The van der Waals surface area contributed by atoms with E-state index in [0.29, 0.717) is 17.8 Å². The predicted molar refractivity (Wildman–Crippen MR) is 98.8 cm³/mol. The lowest BCUT2D eigenvalue weighted by molar-refractivity contribution is 0.0951. The van der Waals surface area contributed by atoms with Crippen molar-refractivity contribution in [3.63, 3.8) is 0 Å². The Kier molecular flexibility index (Phi) is 7.02. The standard InChI is InChI=1S/C15H13N3O.C6H5F/c1-2-17-15(19)14-7-6-13(10-18-14)12-5-3-4-11(8-12)9-16;7-6-4-2-1-3-5-6/h3-8,10H,2H2,1H3,(H,17,19);1-5H. The van der Waals surface area contributed by atoms with E-state index in [2.05, 4.69) is 16.4 Å². The minimum atomic E-state index is -0.181. The first kappa shape index (κ1) is 18.8. The molecule has 0 aliphatic heterocycles. The lowest BCUT2D eigenvalue weighted by Crippen LogP contribution is -2.23. The Bertz CT molecular complexity index is 887. The summed E-state index contributed by atoms with van der Waals surface area (Å²) >= 11 is 0. The number of benzene rings is 2. The van der Waals surface area contributed by atoms with Crippen LogP contribution >= 0.6 is 0 Å². The van der Waals surface area contributed by atoms with Gasteiger partial charge in [0.25, 0.3) is 5.91 Å². The summed E-state index contributed by atoms with van der Waals surface area (Å²) in [5.41, 5.74) is 2.78. The number of amides is 1. The van der Waals surface area contributed by atoms with Gasteiger partial charge < -0.3 is 5.32 Å². The van der Waals surface area contributed by atoms with Gasteiger partial charge in [0.1, 0.15) is 11.5 Å². The SMILES string of the molecule is CCNC(=O)c1ccc(-c2cccc(C#N)c2)cn1.Fc1ccccc1. The fourth-order valence-electron chi connectivity index (χ4n) is 2.13. The number of nitrogens with zero attached hydrogens (tertiary/aromatic N) is 2. The molecule has 5 heteroatoms. The molecule has 0 atom stereocenters. The van der Waals surface area contributed by atoms with E-state index in [-0.39, 0.29) is 11.7 Å². The second kappa shape index (κ2) is 9.70. The van der Waals surface area contributed by atoms with Crippen LogP contribution in [0.4, 0.5) is 4.39 Å². The summed E-state index contributed by atoms with van der Waals surface area (Å²) in [4.78, 5) is 15.7. The van der Waals surface area contributed by atoms with Crippen LogP contribution in [0.25, 0.3) is 11.1 Å². The molecule has 0 unspecified atom stereocenters. The first-order valence-electron chi connectivity index (χ1n) is 8.09. The Morgan fingerprint density at radius 3 is 2.38 bits per heavy atom. The fraction of sp³-hybridized carbons (Fsp3) is 0.0952. The number of carbonyl (C=O) groups excluding carboxylic acids is 1. The molecule has 1 amide bonds. The second-order valence-corrected chi connectivity index (χ2v) is 5.28. The highest BCUT2D eigenvalue weighted by atomic mass is 19.1. The normalized spacial score (nSPS) is 9.42. The molecule has 2 aromatic carbocycles. The summed E-state index contributed by atoms with van der Waals surface area (Å²) < 4.78 is 11.9. The number of hydrogen-bond acceptors (Lipinski definition) is 3. The van der Waals surface area contributed by atoms with Crippen molar-refractivity contribution in [3.8, 4) is 17.2 Å². The van der Waals surface area contributed by atoms with Crippen molar-refractivity contribution < 1.29 is 9.18 Å². The molecule has 4 nitrogen and oxygen atoms in total. The van der Waals surface area contributed by atoms with Crippen LogP contribution in [0, 0.1) is 17.1 Å². The molecular weight excluding hydrogens is 329 g/mol. The van der Waals surface area contributed by atoms with Crippen molar-refractivity contribution >= 4 is 5.91 Å². The largest absolute Gasteiger partial charge is 0.351 e. The van der Waals surface area contributed by atoms with Crippen molar-refractivity contribution in [2.24, 2.45) is 0 Å². The Morgan fingerprint density at radius 2 is 1.85 bits per heavy atom. The number of rotatable bonds is 3. The van der Waals surface area contributed by atoms with E-state index < -0.39 is 0 Å². The van der Waals surface area contributed by atoms with Gasteiger partial charge >= 0.3 is 0 Å². The van der Waals surface area contributed by atoms with Gasteiger partial charge in [-0.1, -0.05) is 36.4 Å². The van der Waals surface area contributed by atoms with E-state index >= 15 is 0 Å². The first-order valence-corrected chi connectivity index (χ1v) is 8.09. The van der Waals surface area contributed by atoms with E-state index in [0.717, 1.165) is 11.1 Å². The summed E-state index contributed by atoms with van der Waals surface area (Å²) in [6.07, 6.45) is 1.64. The van der Waals surface area contributed by atoms with E-state index in [1.54, 1.807) is 42.6 Å². The number of carbonyl (C=O) groups is 1. The molecule has 130 valence electrons. The van der Waals surface area contributed by atoms with Crippen molar-refractivity contribution in [3.05, 3.63) is 90.0 Å². The van der Waals surface area contributed by atoms with Gasteiger partial charge in [0.15, 0.2) is 0 Å². The van der Waals surface area contributed by atoms with Gasteiger partial charge in [-0.3, -0.25) is 9.78 Å². The van der Waals surface area contributed by atoms with E-state index in [9.17, 15) is 9.18 Å². The number of nitrogens with one attached hydrogen (secondary N) is 1. The third kappa shape index (κ3) is 5.53. The molecule has 1 N–H and O–H groups in total. The number of halogens is 1. The Morgan fingerprint density at radius 1 is 1.08 bits per heavy atom. The quantitative estimate of drug-likeness (QED) is 0.772. The van der Waals surface area contributed by atoms with Crippen LogP contribution in [0.2, 0.25) is 0 Å². The van der Waals surface area contributed by atoms with Gasteiger partial charge in [0.05, 0.1) is 11.6 Å². The topological polar surface area (TPSA) is 65.8 Å². The van der Waals surface area contributed by atoms with Gasteiger partial charge in [-0.05, 0) is 42.8 Å². The van der Waals surface area contributed by atoms with Gasteiger partial charge in [0, 0.05) is 18.3 Å². The molecule has 3 aromatic rings. The molecular formula is C21H18FN3O. The molecule has 0 saturated heterocycles. The van der Waals surface area contributed by atoms with Gasteiger partial charge in [-0.25, -0.2) is 4.39 Å². The van der Waals surface area contributed by atoms with Gasteiger partial charge in [0.2, 0.25) is 0 Å². The average Bonchev–Trinajstić information content (AvgIpc) is 2.69. The van der Waals surface area contributed by atoms with Crippen molar-refractivity contribution in [2.75, 3.05) is 6.54 Å². The highest BCUT2D eigenvalue weighted by Gasteiger charge is 2.06. The maximum absolute atomic E-state index is 11.9. The summed E-state index contributed by atoms with van der Waals surface area (Å²) in [5.74, 6) is -0.359. The molecule has 0 spiro atoms. The van der Waals surface area contributed by atoms with Crippen LogP contribution in [0.3, 0.4) is 0 Å². The number of nitriles is 1. The van der Waals surface area contributed by atoms with E-state index in [1.807, 2.05) is 25.1 Å². The lowest BCUT2D eigenvalue weighted by Gasteiger charge is -2.04. The Labute approximate surface area is 152 Å². The molecule has 0 fully saturated rings. The van der Waals surface area contributed by atoms with Crippen LogP contribution in [0.5, 0.6) is 0 Å². The Hall–Kier alpha value is -3.52. The first-order chi connectivity index (χ1) is 12.6. The number of pyridine rings is 1. The van der Waals surface area contributed by atoms with E-state index in [4.69, 9.17) is 5.26 Å². The smallest absolute Gasteiger partial charge is 0.269 e. The zero-order valence-electron chi connectivity index (χ0n) is 14.3. The minimum Gasteiger partial charge on any atom is -0.351 e. The molecule has 1 aromatic heterocycles. The third-order valence-corrected chi connectivity index (χ3v) is 3.39. The number of aromatic nitrogens is 1. The van der Waals surface area contributed by atoms with Crippen LogP contribution < -0.4 is 5.32 Å². The van der Waals surface area contributed by atoms with Crippen molar-refractivity contribution in [1.29, 1.82) is 5.26 Å². The van der Waals surface area contributed by atoms with Crippen molar-refractivity contribution in [1.82, 2.24) is 10.3 Å². The zero-order valence-corrected chi connectivity index (χ0v) is 14.3. The lowest BCUT2D eigenvalue weighted by atomic mass is 10.1. The van der Waals surface area contributed by atoms with Crippen LogP contribution in [0.1, 0.15) is 23.0 Å². The third-order valence-electron chi connectivity index (χ3n) is 3.39. The maximum atomic E-state index is 11.9. The van der Waals surface area contributed by atoms with Gasteiger partial charge in [-0.15, -0.1) is 0 Å². The summed E-state index contributed by atoms with van der Waals surface area (Å²) in [7, 11) is 0. The Balaban J connectivity index is 0.000000290. The van der Waals surface area contributed by atoms with Gasteiger partial charge in [-0.2, -0.15) is 5.26 Å². The van der Waals surface area contributed by atoms with Crippen molar-refractivity contribution in [2.45, 2.75) is 6.92 Å². The predicted octanol–water partition coefficient (Wildman–Crippen LogP) is 4.20.